The van der Waals surface area contributed by atoms with Gasteiger partial charge in [0, 0.05) is 31.9 Å². The number of carbonyl (C=O) groups is 2. The average molecular weight is 502 g/mol. The topological polar surface area (TPSA) is 118 Å². The quantitative estimate of drug-likeness (QED) is 0.363. The maximum absolute atomic E-state index is 12.9. The Balaban J connectivity index is 1.21. The highest BCUT2D eigenvalue weighted by Gasteiger charge is 2.35. The number of amides is 1. The summed E-state index contributed by atoms with van der Waals surface area (Å²) in [5.74, 6) is 0.408. The maximum Gasteiger partial charge on any atom is 0.326 e. The van der Waals surface area contributed by atoms with Crippen molar-refractivity contribution in [2.45, 2.75) is 82.9 Å². The number of rotatable bonds is 11. The van der Waals surface area contributed by atoms with E-state index in [0.29, 0.717) is 31.8 Å². The zero-order chi connectivity index (χ0) is 25.7. The van der Waals surface area contributed by atoms with Crippen molar-refractivity contribution >= 4 is 17.7 Å². The van der Waals surface area contributed by atoms with Gasteiger partial charge in [-0.25, -0.2) is 9.78 Å². The van der Waals surface area contributed by atoms with E-state index in [1.54, 1.807) is 13.8 Å². The lowest BCUT2D eigenvalue weighted by Gasteiger charge is -2.30. The smallest absolute Gasteiger partial charge is 0.326 e. The van der Waals surface area contributed by atoms with E-state index in [1.807, 2.05) is 4.90 Å². The number of aryl methyl sites for hydroxylation is 2. The highest BCUT2D eigenvalue weighted by molar-refractivity contribution is 5.87. The molecular formula is C27H43N5O4. The minimum Gasteiger partial charge on any atom is -0.480 e. The molecule has 1 aromatic rings. The fourth-order valence-electron chi connectivity index (χ4n) is 5.86. The molecule has 9 nitrogen and oxygen atoms in total. The minimum absolute atomic E-state index is 0.240. The van der Waals surface area contributed by atoms with Crippen LogP contribution in [0.3, 0.4) is 0 Å². The summed E-state index contributed by atoms with van der Waals surface area (Å²) in [4.78, 5) is 33.9. The Hall–Kier alpha value is -2.23. The van der Waals surface area contributed by atoms with Gasteiger partial charge in [-0.2, -0.15) is 0 Å². The highest BCUT2D eigenvalue weighted by atomic mass is 16.4. The molecule has 0 aromatic carbocycles. The third-order valence-electron chi connectivity index (χ3n) is 7.74. The lowest BCUT2D eigenvalue weighted by Crippen LogP contribution is -2.52. The summed E-state index contributed by atoms with van der Waals surface area (Å²) in [6.07, 6.45) is 7.38. The van der Waals surface area contributed by atoms with Crippen molar-refractivity contribution in [1.82, 2.24) is 20.1 Å². The van der Waals surface area contributed by atoms with Crippen LogP contribution in [0, 0.1) is 5.92 Å². The molecule has 1 amide bonds. The first-order valence-corrected chi connectivity index (χ1v) is 13.6. The molecular weight excluding hydrogens is 458 g/mol. The largest absolute Gasteiger partial charge is 0.480 e. The van der Waals surface area contributed by atoms with Gasteiger partial charge in [-0.3, -0.25) is 9.69 Å². The molecule has 9 heteroatoms. The van der Waals surface area contributed by atoms with Gasteiger partial charge < -0.3 is 25.7 Å². The van der Waals surface area contributed by atoms with Gasteiger partial charge in [0.15, 0.2) is 0 Å². The second kappa shape index (κ2) is 11.9. The molecule has 36 heavy (non-hydrogen) atoms. The van der Waals surface area contributed by atoms with Crippen LogP contribution in [0.2, 0.25) is 0 Å². The first-order valence-electron chi connectivity index (χ1n) is 13.6. The number of likely N-dealkylation sites (tertiary alicyclic amines) is 2. The van der Waals surface area contributed by atoms with Gasteiger partial charge in [0.05, 0.1) is 11.6 Å². The Kier molecular flexibility index (Phi) is 8.85. The van der Waals surface area contributed by atoms with Crippen molar-refractivity contribution < 1.29 is 19.8 Å². The van der Waals surface area contributed by atoms with Crippen molar-refractivity contribution in [3.8, 4) is 0 Å². The van der Waals surface area contributed by atoms with E-state index in [1.165, 1.54) is 12.0 Å². The number of pyridine rings is 1. The minimum atomic E-state index is -0.988. The van der Waals surface area contributed by atoms with Crippen LogP contribution in [-0.4, -0.2) is 93.8 Å². The van der Waals surface area contributed by atoms with Gasteiger partial charge >= 0.3 is 5.97 Å². The van der Waals surface area contributed by atoms with Crippen LogP contribution in [0.25, 0.3) is 0 Å². The monoisotopic (exact) mass is 501 g/mol. The first kappa shape index (κ1) is 26.8. The Morgan fingerprint density at radius 2 is 2.08 bits per heavy atom. The first-order chi connectivity index (χ1) is 17.2. The van der Waals surface area contributed by atoms with Crippen LogP contribution in [0.5, 0.6) is 0 Å². The summed E-state index contributed by atoms with van der Waals surface area (Å²) >= 11 is 0. The molecule has 3 aliphatic rings. The van der Waals surface area contributed by atoms with Crippen LogP contribution in [-0.2, 0) is 22.4 Å². The van der Waals surface area contributed by atoms with Gasteiger partial charge in [-0.1, -0.05) is 6.07 Å². The summed E-state index contributed by atoms with van der Waals surface area (Å²) in [7, 11) is 0. The number of aliphatic carboxylic acids is 1. The number of hydrogen-bond acceptors (Lipinski definition) is 7. The molecule has 0 saturated carbocycles. The number of aromatic nitrogens is 1. The third-order valence-corrected chi connectivity index (χ3v) is 7.74. The predicted molar refractivity (Wildman–Crippen MR) is 139 cm³/mol. The number of hydrogen-bond donors (Lipinski definition) is 4. The molecule has 4 rings (SSSR count). The number of nitrogens with one attached hydrogen (secondary N) is 2. The van der Waals surface area contributed by atoms with Crippen LogP contribution < -0.4 is 10.6 Å². The number of carbonyl (C=O) groups excluding carboxylic acids is 1. The van der Waals surface area contributed by atoms with Gasteiger partial charge in [0.2, 0.25) is 5.91 Å². The Morgan fingerprint density at radius 3 is 2.86 bits per heavy atom. The Bertz CT molecular complexity index is 918. The molecule has 0 unspecified atom stereocenters. The lowest BCUT2D eigenvalue weighted by atomic mass is 10.00. The lowest BCUT2D eigenvalue weighted by molar-refractivity contribution is -0.143. The van der Waals surface area contributed by atoms with Crippen molar-refractivity contribution in [1.29, 1.82) is 0 Å². The van der Waals surface area contributed by atoms with Crippen molar-refractivity contribution in [2.75, 3.05) is 44.6 Å². The van der Waals surface area contributed by atoms with Crippen molar-refractivity contribution in [3.05, 3.63) is 23.4 Å². The molecule has 1 aromatic heterocycles. The number of anilines is 1. The van der Waals surface area contributed by atoms with Crippen molar-refractivity contribution in [2.24, 2.45) is 5.92 Å². The van der Waals surface area contributed by atoms with Gasteiger partial charge in [0.1, 0.15) is 11.9 Å². The summed E-state index contributed by atoms with van der Waals surface area (Å²) in [6, 6.07) is 3.10. The zero-order valence-electron chi connectivity index (χ0n) is 21.8. The van der Waals surface area contributed by atoms with E-state index in [0.717, 1.165) is 69.8 Å². The van der Waals surface area contributed by atoms with Crippen LogP contribution in [0.15, 0.2) is 12.1 Å². The van der Waals surface area contributed by atoms with Crippen LogP contribution in [0.1, 0.15) is 63.6 Å². The van der Waals surface area contributed by atoms with E-state index in [2.05, 4.69) is 27.7 Å². The molecule has 200 valence electrons. The highest BCUT2D eigenvalue weighted by Crippen LogP contribution is 2.25. The van der Waals surface area contributed by atoms with Gasteiger partial charge in [0.25, 0.3) is 0 Å². The van der Waals surface area contributed by atoms with Gasteiger partial charge in [-0.05, 0) is 95.9 Å². The molecule has 4 heterocycles. The molecule has 0 radical (unpaired) electrons. The van der Waals surface area contributed by atoms with E-state index < -0.39 is 17.6 Å². The number of carboxylic acids is 1. The second-order valence-electron chi connectivity index (χ2n) is 11.5. The molecule has 3 aliphatic heterocycles. The summed E-state index contributed by atoms with van der Waals surface area (Å²) < 4.78 is 0. The maximum atomic E-state index is 12.9. The zero-order valence-corrected chi connectivity index (χ0v) is 21.8. The SMILES string of the molecule is CC(C)(O)CN1CCC[C@H]1C(=O)N[C@@H](CCN1CC[C@@H](CCc2ccc3c(n2)NCCC3)C1)C(=O)O. The molecule has 4 N–H and O–H groups in total. The normalized spacial score (nSPS) is 23.8. The van der Waals surface area contributed by atoms with Gasteiger partial charge in [-0.15, -0.1) is 0 Å². The summed E-state index contributed by atoms with van der Waals surface area (Å²) in [5, 5.41) is 26.1. The molecule has 2 fully saturated rings. The summed E-state index contributed by atoms with van der Waals surface area (Å²) in [6.45, 7) is 8.18. The molecule has 0 bridgehead atoms. The number of nitrogens with zero attached hydrogens (tertiary/aromatic N) is 3. The van der Waals surface area contributed by atoms with E-state index in [9.17, 15) is 19.8 Å². The van der Waals surface area contributed by atoms with Crippen molar-refractivity contribution in [3.63, 3.8) is 0 Å². The van der Waals surface area contributed by atoms with Crippen LogP contribution in [0.4, 0.5) is 5.82 Å². The number of fused-ring (bicyclic) bond motifs is 1. The number of aliphatic hydroxyl groups is 1. The average Bonchev–Trinajstić information content (AvgIpc) is 3.48. The van der Waals surface area contributed by atoms with Crippen LogP contribution >= 0.6 is 0 Å². The standard InChI is InChI=1S/C27H43N5O4/c1-27(2,36)18-32-14-4-6-23(32)25(33)30-22(26(34)35)12-16-31-15-11-19(17-31)7-9-21-10-8-20-5-3-13-28-24(20)29-21/h8,10,19,22-23,36H,3-7,9,11-18H2,1-2H3,(H,28,29)(H,30,33)(H,34,35)/t19-,22+,23+/m1/s1. The predicted octanol–water partition coefficient (Wildman–Crippen LogP) is 1.89. The Morgan fingerprint density at radius 1 is 1.25 bits per heavy atom. The summed E-state index contributed by atoms with van der Waals surface area (Å²) in [5.41, 5.74) is 1.56. The second-order valence-corrected chi connectivity index (χ2v) is 11.5. The number of carboxylic acid groups (broad SMARTS) is 1. The number of β-amino-alcohol motifs (C(OH)–C–C–N with tert-alkyl or cyclic N) is 1. The van der Waals surface area contributed by atoms with E-state index >= 15 is 0 Å². The third kappa shape index (κ3) is 7.40. The molecule has 0 aliphatic carbocycles. The fraction of sp³-hybridized carbons (Fsp3) is 0.741. The molecule has 0 spiro atoms. The molecule has 2 saturated heterocycles. The van der Waals surface area contributed by atoms with E-state index in [4.69, 9.17) is 4.98 Å². The fourth-order valence-corrected chi connectivity index (χ4v) is 5.86. The van der Waals surface area contributed by atoms with E-state index in [-0.39, 0.29) is 11.9 Å². The molecule has 3 atom stereocenters. The Labute approximate surface area is 214 Å².